The molecule has 2 bridgehead atoms. The molecule has 2 aromatic carbocycles. The highest BCUT2D eigenvalue weighted by Gasteiger charge is 2.51. The van der Waals surface area contributed by atoms with E-state index in [2.05, 4.69) is 53.8 Å². The van der Waals surface area contributed by atoms with Crippen LogP contribution < -0.4 is 36.0 Å². The minimum atomic E-state index is -3.13. The number of anilines is 5. The zero-order valence-electron chi connectivity index (χ0n) is 35.2. The van der Waals surface area contributed by atoms with Gasteiger partial charge in [-0.2, -0.15) is 10.1 Å². The number of nitrogens with zero attached hydrogens (tertiary/aromatic N) is 8. The van der Waals surface area contributed by atoms with Crippen molar-refractivity contribution in [3.05, 3.63) is 63.7 Å². The number of carbonyl (C=O) groups excluding carboxylic acids is 2. The van der Waals surface area contributed by atoms with Gasteiger partial charge in [-0.15, -0.1) is 0 Å². The average Bonchev–Trinajstić information content (AvgIpc) is 4.02. The summed E-state index contributed by atoms with van der Waals surface area (Å²) in [6.45, 7) is 5.73. The average molecular weight is 882 g/mol. The standard InChI is InChI=1S/C45H50ClF2N11O4/c1-55-34-9-5-28(17-32(34)38-39(43(55)62)63-23-45(47,48)40(52-38)25-3-4-25)50-41-33(46)19-49-44(53-41)59-20-24-15-26(27(16-24)22-59)21-57-11-13-58(14-12-57)29-6-7-30-35(18-29)56(2)54-37(30)31-8-10-36(60)51-42(31)61/h5-7,9,17-19,24-27,31,40,52H,3-4,8,10-16,20-23H2,1-2H3,(H,49,50,53)(H,51,60,61). The summed E-state index contributed by atoms with van der Waals surface area (Å²) in [7, 11) is 3.52. The molecule has 5 aromatic rings. The second-order valence-electron chi connectivity index (χ2n) is 18.6. The van der Waals surface area contributed by atoms with Crippen molar-refractivity contribution in [2.24, 2.45) is 37.8 Å². The van der Waals surface area contributed by atoms with E-state index in [-0.39, 0.29) is 29.2 Å². The molecule has 330 valence electrons. The number of piperidine rings is 2. The molecule has 5 unspecified atom stereocenters. The zero-order valence-corrected chi connectivity index (χ0v) is 36.0. The third-order valence-electron chi connectivity index (χ3n) is 14.4. The fourth-order valence-corrected chi connectivity index (χ4v) is 11.1. The number of nitrogens with one attached hydrogen (secondary N) is 3. The topological polar surface area (TPSA) is 155 Å². The number of rotatable bonds is 8. The van der Waals surface area contributed by atoms with Crippen LogP contribution in [0.25, 0.3) is 21.8 Å². The molecule has 3 N–H and O–H groups in total. The Morgan fingerprint density at radius 3 is 2.56 bits per heavy atom. The molecule has 3 aromatic heterocycles. The number of halogens is 3. The number of aromatic nitrogens is 5. The second kappa shape index (κ2) is 15.3. The Balaban J connectivity index is 0.745. The van der Waals surface area contributed by atoms with E-state index in [9.17, 15) is 14.4 Å². The van der Waals surface area contributed by atoms with Crippen LogP contribution >= 0.6 is 11.6 Å². The van der Waals surface area contributed by atoms with Crippen LogP contribution in [0.2, 0.25) is 5.02 Å². The highest BCUT2D eigenvalue weighted by atomic mass is 35.5. The number of amides is 2. The van der Waals surface area contributed by atoms with Gasteiger partial charge in [-0.3, -0.25) is 29.3 Å². The van der Waals surface area contributed by atoms with Crippen molar-refractivity contribution in [1.29, 1.82) is 0 Å². The number of pyridine rings is 1. The van der Waals surface area contributed by atoms with Crippen molar-refractivity contribution >= 4 is 74.0 Å². The van der Waals surface area contributed by atoms with Crippen LogP contribution in [0.5, 0.6) is 5.75 Å². The van der Waals surface area contributed by atoms with E-state index in [0.29, 0.717) is 76.8 Å². The van der Waals surface area contributed by atoms with Crippen molar-refractivity contribution in [3.8, 4) is 5.75 Å². The molecule has 6 aliphatic rings. The number of hydrogen-bond acceptors (Lipinski definition) is 12. The number of alkyl halides is 2. The van der Waals surface area contributed by atoms with Crippen LogP contribution in [0.1, 0.15) is 50.1 Å². The van der Waals surface area contributed by atoms with Gasteiger partial charge in [0.1, 0.15) is 5.02 Å². The van der Waals surface area contributed by atoms with Crippen LogP contribution in [0.4, 0.5) is 37.6 Å². The minimum Gasteiger partial charge on any atom is -0.480 e. The molecule has 4 aliphatic heterocycles. The van der Waals surface area contributed by atoms with Crippen LogP contribution in [-0.4, -0.2) is 105 Å². The van der Waals surface area contributed by atoms with Gasteiger partial charge in [0.15, 0.2) is 12.4 Å². The number of ether oxygens (including phenoxy) is 1. The van der Waals surface area contributed by atoms with Gasteiger partial charge in [-0.25, -0.2) is 13.8 Å². The monoisotopic (exact) mass is 881 g/mol. The lowest BCUT2D eigenvalue weighted by Crippen LogP contribution is -2.48. The fraction of sp³-hybridized carbons (Fsp3) is 0.511. The Labute approximate surface area is 367 Å². The second-order valence-corrected chi connectivity index (χ2v) is 19.0. The molecule has 7 heterocycles. The third-order valence-corrected chi connectivity index (χ3v) is 14.7. The Bertz CT molecular complexity index is 2730. The molecule has 18 heteroatoms. The minimum absolute atomic E-state index is 0.101. The maximum absolute atomic E-state index is 15.2. The molecular weight excluding hydrogens is 832 g/mol. The molecule has 2 amide bonds. The molecule has 3 saturated heterocycles. The molecule has 0 radical (unpaired) electrons. The summed E-state index contributed by atoms with van der Waals surface area (Å²) in [5, 5.41) is 15.5. The number of hydrogen-bond donors (Lipinski definition) is 3. The summed E-state index contributed by atoms with van der Waals surface area (Å²) >= 11 is 6.70. The van der Waals surface area contributed by atoms with Gasteiger partial charge in [0.05, 0.1) is 40.6 Å². The Hall–Kier alpha value is -5.55. The number of benzene rings is 2. The van der Waals surface area contributed by atoms with Gasteiger partial charge in [0.25, 0.3) is 5.56 Å². The van der Waals surface area contributed by atoms with E-state index < -0.39 is 30.0 Å². The maximum atomic E-state index is 15.2. The van der Waals surface area contributed by atoms with Crippen LogP contribution in [-0.2, 0) is 23.7 Å². The van der Waals surface area contributed by atoms with Crippen molar-refractivity contribution in [1.82, 2.24) is 34.5 Å². The molecular formula is C45H50ClF2N11O4. The molecule has 5 fully saturated rings. The molecule has 0 spiro atoms. The van der Waals surface area contributed by atoms with Gasteiger partial charge in [-0.1, -0.05) is 11.6 Å². The predicted molar refractivity (Wildman–Crippen MR) is 236 cm³/mol. The lowest BCUT2D eigenvalue weighted by atomic mass is 9.93. The smallest absolute Gasteiger partial charge is 0.301 e. The predicted octanol–water partition coefficient (Wildman–Crippen LogP) is 5.64. The van der Waals surface area contributed by atoms with Crippen molar-refractivity contribution in [3.63, 3.8) is 0 Å². The number of aryl methyl sites for hydroxylation is 2. The number of imide groups is 1. The maximum Gasteiger partial charge on any atom is 0.301 e. The van der Waals surface area contributed by atoms with E-state index in [0.717, 1.165) is 68.1 Å². The third kappa shape index (κ3) is 7.30. The van der Waals surface area contributed by atoms with Gasteiger partial charge >= 0.3 is 5.92 Å². The zero-order chi connectivity index (χ0) is 43.3. The van der Waals surface area contributed by atoms with E-state index in [4.69, 9.17) is 26.4 Å². The van der Waals surface area contributed by atoms with Crippen molar-refractivity contribution in [2.45, 2.75) is 56.4 Å². The van der Waals surface area contributed by atoms with E-state index in [1.807, 2.05) is 23.9 Å². The van der Waals surface area contributed by atoms with Crippen LogP contribution in [0.3, 0.4) is 0 Å². The Kier molecular flexibility index (Phi) is 9.78. The highest BCUT2D eigenvalue weighted by Crippen LogP contribution is 2.46. The van der Waals surface area contributed by atoms with E-state index >= 15 is 8.78 Å². The van der Waals surface area contributed by atoms with E-state index in [1.165, 1.54) is 17.4 Å². The highest BCUT2D eigenvalue weighted by molar-refractivity contribution is 6.33. The van der Waals surface area contributed by atoms with Crippen molar-refractivity contribution in [2.75, 3.05) is 72.9 Å². The van der Waals surface area contributed by atoms with Crippen LogP contribution in [0.15, 0.2) is 47.4 Å². The van der Waals surface area contributed by atoms with Gasteiger partial charge in [-0.05, 0) is 92.2 Å². The first-order valence-corrected chi connectivity index (χ1v) is 22.5. The molecule has 2 aliphatic carbocycles. The summed E-state index contributed by atoms with van der Waals surface area (Å²) in [6.07, 6.45) is 6.19. The normalized spacial score (nSPS) is 26.0. The Morgan fingerprint density at radius 1 is 0.937 bits per heavy atom. The lowest BCUT2D eigenvalue weighted by molar-refractivity contribution is -0.134. The SMILES string of the molecule is Cn1nc(C2CCC(=O)NC2=O)c2ccc(N3CCN(CC4CC5CC4CN(c4ncc(Cl)c(Nc6ccc7c(c6)c6c(c(=O)n7C)OCC(F)(F)C(C7CC7)N6)n4)C5)CC3)cc21. The molecule has 2 saturated carbocycles. The first-order chi connectivity index (χ1) is 30.4. The van der Waals surface area contributed by atoms with E-state index in [1.54, 1.807) is 19.3 Å². The number of piperazine rings is 1. The lowest BCUT2D eigenvalue weighted by Gasteiger charge is -2.38. The number of fused-ring (bicyclic) bond motifs is 6. The first kappa shape index (κ1) is 40.2. The van der Waals surface area contributed by atoms with Gasteiger partial charge < -0.3 is 29.7 Å². The summed E-state index contributed by atoms with van der Waals surface area (Å²) in [5.74, 6) is -1.64. The Morgan fingerprint density at radius 2 is 1.76 bits per heavy atom. The summed E-state index contributed by atoms with van der Waals surface area (Å²) in [4.78, 5) is 54.6. The van der Waals surface area contributed by atoms with Gasteiger partial charge in [0, 0.05) is 88.5 Å². The molecule has 15 nitrogen and oxygen atoms in total. The van der Waals surface area contributed by atoms with Crippen molar-refractivity contribution < 1.29 is 23.1 Å². The summed E-state index contributed by atoms with van der Waals surface area (Å²) in [6, 6.07) is 10.7. The van der Waals surface area contributed by atoms with Gasteiger partial charge in [0.2, 0.25) is 23.5 Å². The molecule has 11 rings (SSSR count). The largest absolute Gasteiger partial charge is 0.480 e. The fourth-order valence-electron chi connectivity index (χ4n) is 11.0. The summed E-state index contributed by atoms with van der Waals surface area (Å²) in [5.41, 5.74) is 3.88. The summed E-state index contributed by atoms with van der Waals surface area (Å²) < 4.78 is 39.2. The van der Waals surface area contributed by atoms with Crippen LogP contribution in [0, 0.1) is 23.7 Å². The first-order valence-electron chi connectivity index (χ1n) is 22.1. The quantitative estimate of drug-likeness (QED) is 0.166. The molecule has 5 atom stereocenters. The molecule has 63 heavy (non-hydrogen) atoms. The number of carbonyl (C=O) groups is 2.